The molecule has 160 valence electrons. The number of benzene rings is 2. The number of fused-ring (bicyclic) bond motifs is 1. The zero-order chi connectivity index (χ0) is 22.5. The first-order valence-electron chi connectivity index (χ1n) is 10.2. The van der Waals surface area contributed by atoms with Crippen LogP contribution < -0.4 is 10.1 Å². The van der Waals surface area contributed by atoms with Gasteiger partial charge in [0, 0.05) is 29.8 Å². The summed E-state index contributed by atoms with van der Waals surface area (Å²) >= 11 is 0. The maximum absolute atomic E-state index is 12.3. The number of nitrogens with one attached hydrogen (secondary N) is 1. The molecule has 2 heterocycles. The van der Waals surface area contributed by atoms with Crippen LogP contribution in [-0.4, -0.2) is 27.0 Å². The van der Waals surface area contributed by atoms with Crippen molar-refractivity contribution in [2.75, 3.05) is 5.32 Å². The van der Waals surface area contributed by atoms with Crippen molar-refractivity contribution in [3.63, 3.8) is 0 Å². The molecule has 0 radical (unpaired) electrons. The number of anilines is 1. The van der Waals surface area contributed by atoms with E-state index in [1.165, 1.54) is 0 Å². The predicted octanol–water partition coefficient (Wildman–Crippen LogP) is 4.84. The van der Waals surface area contributed by atoms with Crippen LogP contribution in [0.15, 0.2) is 79.1 Å². The Kier molecular flexibility index (Phi) is 6.07. The van der Waals surface area contributed by atoms with Crippen molar-refractivity contribution in [3.8, 4) is 5.75 Å². The first kappa shape index (κ1) is 21.0. The van der Waals surface area contributed by atoms with E-state index < -0.39 is 12.0 Å². The van der Waals surface area contributed by atoms with Gasteiger partial charge in [0.05, 0.1) is 11.6 Å². The van der Waals surface area contributed by atoms with E-state index in [0.29, 0.717) is 22.6 Å². The molecule has 0 spiro atoms. The Hall–Kier alpha value is -4.26. The van der Waals surface area contributed by atoms with Crippen LogP contribution in [0.2, 0.25) is 0 Å². The number of hydrogen-bond acceptors (Lipinski definition) is 6. The molecule has 4 rings (SSSR count). The minimum absolute atomic E-state index is 0.183. The van der Waals surface area contributed by atoms with Crippen LogP contribution in [0.4, 0.5) is 5.82 Å². The number of carboxylic acid groups (broad SMARTS) is 1. The smallest absolute Gasteiger partial charge is 0.335 e. The molecule has 0 bridgehead atoms. The van der Waals surface area contributed by atoms with Crippen molar-refractivity contribution in [2.24, 2.45) is 0 Å². The average Bonchev–Trinajstić information content (AvgIpc) is 2.83. The maximum atomic E-state index is 12.3. The van der Waals surface area contributed by atoms with Gasteiger partial charge in [0.25, 0.3) is 0 Å². The monoisotopic (exact) mass is 427 g/mol. The molecule has 1 atom stereocenters. The number of carbonyl (C=O) groups is 2. The highest BCUT2D eigenvalue weighted by Gasteiger charge is 2.23. The molecule has 1 unspecified atom stereocenters. The van der Waals surface area contributed by atoms with Gasteiger partial charge in [-0.3, -0.25) is 9.78 Å². The average molecular weight is 427 g/mol. The van der Waals surface area contributed by atoms with Crippen molar-refractivity contribution >= 4 is 28.7 Å². The Balaban J connectivity index is 1.89. The zero-order valence-corrected chi connectivity index (χ0v) is 17.4. The fraction of sp³-hybridized carbons (Fsp3) is 0.120. The molecule has 2 aromatic carbocycles. The molecule has 0 saturated carbocycles. The number of nitrogens with zero attached hydrogens (tertiary/aromatic N) is 2. The van der Waals surface area contributed by atoms with Gasteiger partial charge in [-0.05, 0) is 35.9 Å². The van der Waals surface area contributed by atoms with Gasteiger partial charge >= 0.3 is 11.9 Å². The summed E-state index contributed by atoms with van der Waals surface area (Å²) in [5.41, 5.74) is 2.22. The summed E-state index contributed by atoms with van der Waals surface area (Å²) in [5.74, 6) is -0.389. The summed E-state index contributed by atoms with van der Waals surface area (Å²) in [5, 5.41) is 13.5. The van der Waals surface area contributed by atoms with Gasteiger partial charge in [-0.25, -0.2) is 9.78 Å². The van der Waals surface area contributed by atoms with Gasteiger partial charge in [-0.15, -0.1) is 0 Å². The van der Waals surface area contributed by atoms with Crippen LogP contribution >= 0.6 is 0 Å². The van der Waals surface area contributed by atoms with Crippen LogP contribution in [0.3, 0.4) is 0 Å². The molecule has 0 aliphatic heterocycles. The Morgan fingerprint density at radius 1 is 0.969 bits per heavy atom. The number of aromatic nitrogens is 2. The summed E-state index contributed by atoms with van der Waals surface area (Å²) in [6, 6.07) is 19.1. The molecule has 32 heavy (non-hydrogen) atoms. The first-order valence-corrected chi connectivity index (χ1v) is 10.2. The second-order valence-corrected chi connectivity index (χ2v) is 7.11. The molecule has 0 aliphatic carbocycles. The number of rotatable bonds is 7. The molecular formula is C25H21N3O4. The number of ether oxygens (including phenoxy) is 1. The molecule has 7 heteroatoms. The highest BCUT2D eigenvalue weighted by Crippen LogP contribution is 2.37. The lowest BCUT2D eigenvalue weighted by atomic mass is 9.95. The van der Waals surface area contributed by atoms with Crippen LogP contribution in [-0.2, 0) is 4.79 Å². The fourth-order valence-electron chi connectivity index (χ4n) is 3.41. The highest BCUT2D eigenvalue weighted by molar-refractivity contribution is 5.89. The molecule has 0 aliphatic rings. The third kappa shape index (κ3) is 4.41. The van der Waals surface area contributed by atoms with Crippen molar-refractivity contribution in [1.82, 2.24) is 9.97 Å². The highest BCUT2D eigenvalue weighted by atomic mass is 16.5. The fourth-order valence-corrected chi connectivity index (χ4v) is 3.41. The Labute approximate surface area is 184 Å². The Morgan fingerprint density at radius 2 is 1.75 bits per heavy atom. The van der Waals surface area contributed by atoms with Gasteiger partial charge < -0.3 is 15.2 Å². The van der Waals surface area contributed by atoms with Crippen molar-refractivity contribution in [3.05, 3.63) is 95.8 Å². The van der Waals surface area contributed by atoms with E-state index in [9.17, 15) is 14.7 Å². The quantitative estimate of drug-likeness (QED) is 0.321. The lowest BCUT2D eigenvalue weighted by Gasteiger charge is -2.23. The number of aromatic carboxylic acids is 1. The maximum Gasteiger partial charge on any atom is 0.335 e. The summed E-state index contributed by atoms with van der Waals surface area (Å²) in [4.78, 5) is 32.4. The second kappa shape index (κ2) is 9.26. The number of hydrogen-bond donors (Lipinski definition) is 2. The second-order valence-electron chi connectivity index (χ2n) is 7.11. The SMILES string of the molecule is CCC(=O)Oc1c(C(Nc2ccccn2)c2ccc(C(=O)O)cc2)ccc2cccnc12. The minimum Gasteiger partial charge on any atom is -0.478 e. The standard InChI is InChI=1S/C25H21N3O4/c1-2-21(29)32-24-19(13-12-16-6-5-15-27-23(16)24)22(28-20-7-3-4-14-26-20)17-8-10-18(11-9-17)25(30)31/h3-15,22H,2H2,1H3,(H,26,28)(H,30,31). The van der Waals surface area contributed by atoms with E-state index in [1.807, 2.05) is 42.5 Å². The topological polar surface area (TPSA) is 101 Å². The minimum atomic E-state index is -1.00. The molecule has 2 aromatic heterocycles. The van der Waals surface area contributed by atoms with E-state index in [4.69, 9.17) is 4.74 Å². The van der Waals surface area contributed by atoms with Crippen molar-refractivity contribution < 1.29 is 19.4 Å². The summed E-state index contributed by atoms with van der Waals surface area (Å²) in [7, 11) is 0. The molecule has 7 nitrogen and oxygen atoms in total. The van der Waals surface area contributed by atoms with Crippen LogP contribution in [0.1, 0.15) is 40.9 Å². The van der Waals surface area contributed by atoms with E-state index in [0.717, 1.165) is 10.9 Å². The predicted molar refractivity (Wildman–Crippen MR) is 121 cm³/mol. The van der Waals surface area contributed by atoms with Gasteiger partial charge in [0.1, 0.15) is 11.3 Å². The number of carbonyl (C=O) groups excluding carboxylic acids is 1. The summed E-state index contributed by atoms with van der Waals surface area (Å²) in [6.07, 6.45) is 3.54. The van der Waals surface area contributed by atoms with Gasteiger partial charge in [0.15, 0.2) is 5.75 Å². The van der Waals surface area contributed by atoms with Crippen LogP contribution in [0.25, 0.3) is 10.9 Å². The summed E-state index contributed by atoms with van der Waals surface area (Å²) < 4.78 is 5.75. The van der Waals surface area contributed by atoms with Crippen molar-refractivity contribution in [2.45, 2.75) is 19.4 Å². The van der Waals surface area contributed by atoms with E-state index in [2.05, 4.69) is 15.3 Å². The molecule has 0 amide bonds. The zero-order valence-electron chi connectivity index (χ0n) is 17.4. The van der Waals surface area contributed by atoms with Gasteiger partial charge in [-0.2, -0.15) is 0 Å². The molecule has 2 N–H and O–H groups in total. The number of esters is 1. The lowest BCUT2D eigenvalue weighted by Crippen LogP contribution is -2.17. The first-order chi connectivity index (χ1) is 15.6. The molecule has 0 saturated heterocycles. The van der Waals surface area contributed by atoms with E-state index in [-0.39, 0.29) is 18.0 Å². The third-order valence-corrected chi connectivity index (χ3v) is 5.02. The summed E-state index contributed by atoms with van der Waals surface area (Å²) in [6.45, 7) is 1.73. The Bertz CT molecular complexity index is 1260. The van der Waals surface area contributed by atoms with Crippen molar-refractivity contribution in [1.29, 1.82) is 0 Å². The largest absolute Gasteiger partial charge is 0.478 e. The third-order valence-electron chi connectivity index (χ3n) is 5.02. The van der Waals surface area contributed by atoms with E-state index in [1.54, 1.807) is 43.6 Å². The van der Waals surface area contributed by atoms with Crippen LogP contribution in [0, 0.1) is 0 Å². The molecule has 4 aromatic rings. The number of carboxylic acids is 1. The Morgan fingerprint density at radius 3 is 2.44 bits per heavy atom. The van der Waals surface area contributed by atoms with E-state index >= 15 is 0 Å². The van der Waals surface area contributed by atoms with Gasteiger partial charge in [-0.1, -0.05) is 43.3 Å². The molecule has 0 fully saturated rings. The number of pyridine rings is 2. The molecular weight excluding hydrogens is 406 g/mol. The van der Waals surface area contributed by atoms with Gasteiger partial charge in [0.2, 0.25) is 0 Å². The normalized spacial score (nSPS) is 11.7. The lowest BCUT2D eigenvalue weighted by molar-refractivity contribution is -0.133. The van der Waals surface area contributed by atoms with Crippen LogP contribution in [0.5, 0.6) is 5.75 Å².